The van der Waals surface area contributed by atoms with Crippen LogP contribution in [0.1, 0.15) is 25.5 Å². The minimum absolute atomic E-state index is 0.0871. The second kappa shape index (κ2) is 5.19. The topological polar surface area (TPSA) is 62.4 Å². The van der Waals surface area contributed by atoms with Gasteiger partial charge in [0, 0.05) is 11.6 Å². The largest absolute Gasteiger partial charge is 0.482 e. The number of rotatable bonds is 4. The van der Waals surface area contributed by atoms with Crippen LogP contribution in [0.5, 0.6) is 5.75 Å². The molecule has 0 aliphatic carbocycles. The minimum Gasteiger partial charge on any atom is -0.482 e. The lowest BCUT2D eigenvalue weighted by Crippen LogP contribution is -2.47. The monoisotopic (exact) mass is 263 g/mol. The van der Waals surface area contributed by atoms with Crippen LogP contribution >= 0.6 is 0 Å². The Balaban J connectivity index is 2.35. The van der Waals surface area contributed by atoms with Crippen molar-refractivity contribution in [2.75, 3.05) is 26.0 Å². The van der Waals surface area contributed by atoms with E-state index in [1.54, 1.807) is 0 Å². The van der Waals surface area contributed by atoms with Crippen molar-refractivity contribution in [3.05, 3.63) is 23.8 Å². The molecule has 1 aliphatic heterocycles. The molecule has 1 heterocycles. The summed E-state index contributed by atoms with van der Waals surface area (Å²) >= 11 is 0. The van der Waals surface area contributed by atoms with Gasteiger partial charge in [0.25, 0.3) is 5.91 Å². The highest BCUT2D eigenvalue weighted by Crippen LogP contribution is 2.33. The third-order valence-corrected chi connectivity index (χ3v) is 3.62. The Hall–Kier alpha value is -1.59. The first kappa shape index (κ1) is 13.8. The maximum absolute atomic E-state index is 11.4. The SMILES string of the molecule is CNC(c1ccc2c(c1)NC(=O)CO2)C(C)(C)NC. The van der Waals surface area contributed by atoms with Crippen LogP contribution < -0.4 is 20.7 Å². The number of ether oxygens (including phenoxy) is 1. The van der Waals surface area contributed by atoms with Gasteiger partial charge in [0.2, 0.25) is 0 Å². The van der Waals surface area contributed by atoms with E-state index in [1.165, 1.54) is 0 Å². The second-order valence-electron chi connectivity index (χ2n) is 5.29. The van der Waals surface area contributed by atoms with Gasteiger partial charge in [-0.3, -0.25) is 4.79 Å². The third kappa shape index (κ3) is 2.72. The molecule has 3 N–H and O–H groups in total. The number of benzene rings is 1. The quantitative estimate of drug-likeness (QED) is 0.765. The number of anilines is 1. The molecule has 0 bridgehead atoms. The lowest BCUT2D eigenvalue weighted by atomic mass is 9.88. The number of hydrogen-bond donors (Lipinski definition) is 3. The van der Waals surface area contributed by atoms with E-state index in [2.05, 4.69) is 29.8 Å². The zero-order valence-electron chi connectivity index (χ0n) is 11.8. The summed E-state index contributed by atoms with van der Waals surface area (Å²) in [6.07, 6.45) is 0. The average molecular weight is 263 g/mol. The fourth-order valence-corrected chi connectivity index (χ4v) is 2.37. The first-order valence-corrected chi connectivity index (χ1v) is 6.40. The van der Waals surface area contributed by atoms with Crippen molar-refractivity contribution < 1.29 is 9.53 Å². The molecular formula is C14H21N3O2. The lowest BCUT2D eigenvalue weighted by molar-refractivity contribution is -0.118. The van der Waals surface area contributed by atoms with E-state index in [9.17, 15) is 4.79 Å². The first-order chi connectivity index (χ1) is 8.97. The van der Waals surface area contributed by atoms with E-state index in [4.69, 9.17) is 4.74 Å². The summed E-state index contributed by atoms with van der Waals surface area (Å²) in [5.41, 5.74) is 1.73. The van der Waals surface area contributed by atoms with Crippen molar-refractivity contribution in [3.63, 3.8) is 0 Å². The molecule has 0 spiro atoms. The molecule has 1 atom stereocenters. The van der Waals surface area contributed by atoms with Gasteiger partial charge in [-0.25, -0.2) is 0 Å². The number of likely N-dealkylation sites (N-methyl/N-ethyl adjacent to an activating group) is 2. The maximum Gasteiger partial charge on any atom is 0.262 e. The van der Waals surface area contributed by atoms with Crippen LogP contribution in [0.4, 0.5) is 5.69 Å². The number of carbonyl (C=O) groups is 1. The van der Waals surface area contributed by atoms with Crippen molar-refractivity contribution in [1.82, 2.24) is 10.6 Å². The zero-order chi connectivity index (χ0) is 14.0. The van der Waals surface area contributed by atoms with Gasteiger partial charge in [0.15, 0.2) is 6.61 Å². The van der Waals surface area contributed by atoms with E-state index in [-0.39, 0.29) is 24.1 Å². The van der Waals surface area contributed by atoms with Gasteiger partial charge in [0.05, 0.1) is 5.69 Å². The molecule has 1 aliphatic rings. The van der Waals surface area contributed by atoms with Crippen molar-refractivity contribution in [1.29, 1.82) is 0 Å². The van der Waals surface area contributed by atoms with Gasteiger partial charge in [-0.2, -0.15) is 0 Å². The number of fused-ring (bicyclic) bond motifs is 1. The molecule has 1 aromatic rings. The predicted molar refractivity (Wildman–Crippen MR) is 75.5 cm³/mol. The molecule has 0 saturated carbocycles. The van der Waals surface area contributed by atoms with Gasteiger partial charge in [-0.1, -0.05) is 6.07 Å². The lowest BCUT2D eigenvalue weighted by Gasteiger charge is -2.35. The number of nitrogens with one attached hydrogen (secondary N) is 3. The van der Waals surface area contributed by atoms with Crippen LogP contribution in [-0.4, -0.2) is 32.1 Å². The summed E-state index contributed by atoms with van der Waals surface area (Å²) in [4.78, 5) is 11.4. The highest BCUT2D eigenvalue weighted by Gasteiger charge is 2.29. The van der Waals surface area contributed by atoms with Gasteiger partial charge in [0.1, 0.15) is 5.75 Å². The van der Waals surface area contributed by atoms with Crippen LogP contribution in [-0.2, 0) is 4.79 Å². The number of hydrogen-bond acceptors (Lipinski definition) is 4. The van der Waals surface area contributed by atoms with Crippen LogP contribution in [0.2, 0.25) is 0 Å². The smallest absolute Gasteiger partial charge is 0.262 e. The van der Waals surface area contributed by atoms with Gasteiger partial charge in [-0.05, 0) is 45.6 Å². The first-order valence-electron chi connectivity index (χ1n) is 6.40. The summed E-state index contributed by atoms with van der Waals surface area (Å²) < 4.78 is 5.37. The molecule has 1 unspecified atom stereocenters. The molecule has 5 heteroatoms. The van der Waals surface area contributed by atoms with Crippen molar-refractivity contribution in [3.8, 4) is 5.75 Å². The van der Waals surface area contributed by atoms with Crippen molar-refractivity contribution in [2.45, 2.75) is 25.4 Å². The summed E-state index contributed by atoms with van der Waals surface area (Å²) in [5, 5.41) is 9.45. The van der Waals surface area contributed by atoms with Gasteiger partial charge < -0.3 is 20.7 Å². The van der Waals surface area contributed by atoms with Crippen LogP contribution in [0.3, 0.4) is 0 Å². The molecule has 1 amide bonds. The second-order valence-corrected chi connectivity index (χ2v) is 5.29. The molecule has 1 aromatic carbocycles. The van der Waals surface area contributed by atoms with E-state index < -0.39 is 0 Å². The Morgan fingerprint density at radius 1 is 1.37 bits per heavy atom. The highest BCUT2D eigenvalue weighted by molar-refractivity contribution is 5.95. The molecular weight excluding hydrogens is 242 g/mol. The summed E-state index contributed by atoms with van der Waals surface area (Å²) in [7, 11) is 3.87. The van der Waals surface area contributed by atoms with Gasteiger partial charge in [-0.15, -0.1) is 0 Å². The Morgan fingerprint density at radius 2 is 2.11 bits per heavy atom. The summed E-state index contributed by atoms with van der Waals surface area (Å²) in [6.45, 7) is 4.34. The Bertz CT molecular complexity index is 486. The zero-order valence-corrected chi connectivity index (χ0v) is 11.8. The van der Waals surface area contributed by atoms with E-state index in [0.717, 1.165) is 17.0 Å². The van der Waals surface area contributed by atoms with Crippen LogP contribution in [0.25, 0.3) is 0 Å². The minimum atomic E-state index is -0.112. The molecule has 104 valence electrons. The average Bonchev–Trinajstić information content (AvgIpc) is 2.38. The summed E-state index contributed by atoms with van der Waals surface area (Å²) in [6, 6.07) is 6.02. The molecule has 5 nitrogen and oxygen atoms in total. The summed E-state index contributed by atoms with van der Waals surface area (Å²) in [5.74, 6) is 0.610. The fourth-order valence-electron chi connectivity index (χ4n) is 2.37. The molecule has 2 rings (SSSR count). The molecule has 0 aromatic heterocycles. The highest BCUT2D eigenvalue weighted by atomic mass is 16.5. The molecule has 0 saturated heterocycles. The Kier molecular flexibility index (Phi) is 3.78. The van der Waals surface area contributed by atoms with E-state index in [0.29, 0.717) is 0 Å². The Labute approximate surface area is 113 Å². The number of carbonyl (C=O) groups excluding carboxylic acids is 1. The normalized spacial score (nSPS) is 16.3. The van der Waals surface area contributed by atoms with Gasteiger partial charge >= 0.3 is 0 Å². The molecule has 0 fully saturated rings. The molecule has 19 heavy (non-hydrogen) atoms. The predicted octanol–water partition coefficient (Wildman–Crippen LogP) is 1.28. The van der Waals surface area contributed by atoms with E-state index >= 15 is 0 Å². The fraction of sp³-hybridized carbons (Fsp3) is 0.500. The Morgan fingerprint density at radius 3 is 2.74 bits per heavy atom. The van der Waals surface area contributed by atoms with Crippen LogP contribution in [0, 0.1) is 0 Å². The maximum atomic E-state index is 11.4. The van der Waals surface area contributed by atoms with Crippen LogP contribution in [0.15, 0.2) is 18.2 Å². The van der Waals surface area contributed by atoms with Crippen molar-refractivity contribution in [2.24, 2.45) is 0 Å². The third-order valence-electron chi connectivity index (χ3n) is 3.62. The number of amides is 1. The molecule has 0 radical (unpaired) electrons. The van der Waals surface area contributed by atoms with E-state index in [1.807, 2.05) is 32.3 Å². The standard InChI is InChI=1S/C14H21N3O2/c1-14(2,16-4)13(15-3)9-5-6-11-10(7-9)17-12(18)8-19-11/h5-7,13,15-16H,8H2,1-4H3,(H,17,18). The van der Waals surface area contributed by atoms with Crippen molar-refractivity contribution >= 4 is 11.6 Å².